The van der Waals surface area contributed by atoms with E-state index < -0.39 is 0 Å². The van der Waals surface area contributed by atoms with E-state index in [0.29, 0.717) is 37.0 Å². The molecule has 3 amide bonds. The van der Waals surface area contributed by atoms with Crippen molar-refractivity contribution in [3.63, 3.8) is 0 Å². The number of halogens is 1. The number of hydrogen-bond acceptors (Lipinski definition) is 6. The lowest BCUT2D eigenvalue weighted by Gasteiger charge is -2.35. The molecule has 0 aliphatic carbocycles. The lowest BCUT2D eigenvalue weighted by Crippen LogP contribution is -2.53. The first-order chi connectivity index (χ1) is 20.3. The third kappa shape index (κ3) is 5.58. The molecule has 2 aliphatic rings. The van der Waals surface area contributed by atoms with Gasteiger partial charge in [-0.25, -0.2) is 4.68 Å². The summed E-state index contributed by atoms with van der Waals surface area (Å²) in [5.41, 5.74) is 4.43. The molecule has 1 atom stereocenters. The molecular weight excluding hydrogens is 590 g/mol. The summed E-state index contributed by atoms with van der Waals surface area (Å²) >= 11 is 9.45. The predicted molar refractivity (Wildman–Crippen MR) is 169 cm³/mol. The Morgan fingerprint density at radius 3 is 2.31 bits per heavy atom. The van der Waals surface area contributed by atoms with Crippen LogP contribution in [0, 0.1) is 6.92 Å². The first-order valence-electron chi connectivity index (χ1n) is 13.7. The lowest BCUT2D eigenvalue weighted by molar-refractivity contribution is -0.137. The lowest BCUT2D eigenvalue weighted by atomic mass is 10.0. The number of carbonyl (C=O) groups is 3. The number of thiophene rings is 1. The van der Waals surface area contributed by atoms with Crippen molar-refractivity contribution < 1.29 is 14.4 Å². The van der Waals surface area contributed by atoms with Gasteiger partial charge in [0, 0.05) is 54.1 Å². The van der Waals surface area contributed by atoms with Crippen molar-refractivity contribution in [2.24, 2.45) is 0 Å². The SMILES string of the molecule is CC(=O)N1CCN(C(=O)CN2C(=O)CSC(c3cccs3)c3c(-c4ccc(Cl)cc4)nn(-c4ccc(C)cc4)c32)CC1. The van der Waals surface area contributed by atoms with Gasteiger partial charge in [0.15, 0.2) is 0 Å². The van der Waals surface area contributed by atoms with Crippen molar-refractivity contribution >= 4 is 58.2 Å². The van der Waals surface area contributed by atoms with Crippen molar-refractivity contribution in [2.75, 3.05) is 43.4 Å². The van der Waals surface area contributed by atoms with Crippen LogP contribution < -0.4 is 4.90 Å². The van der Waals surface area contributed by atoms with Gasteiger partial charge in [-0.05, 0) is 42.6 Å². The molecule has 8 nitrogen and oxygen atoms in total. The molecule has 216 valence electrons. The predicted octanol–water partition coefficient (Wildman–Crippen LogP) is 5.42. The average Bonchev–Trinajstić information content (AvgIpc) is 3.63. The Kier molecular flexibility index (Phi) is 8.11. The molecule has 0 N–H and O–H groups in total. The van der Waals surface area contributed by atoms with E-state index in [2.05, 4.69) is 6.07 Å². The van der Waals surface area contributed by atoms with E-state index in [-0.39, 0.29) is 35.3 Å². The number of nitrogens with zero attached hydrogens (tertiary/aromatic N) is 5. The average molecular weight is 620 g/mol. The molecule has 1 fully saturated rings. The quantitative estimate of drug-likeness (QED) is 0.298. The molecule has 4 aromatic rings. The number of aromatic nitrogens is 2. The van der Waals surface area contributed by atoms with Gasteiger partial charge in [-0.15, -0.1) is 23.1 Å². The Morgan fingerprint density at radius 2 is 1.67 bits per heavy atom. The van der Waals surface area contributed by atoms with E-state index in [9.17, 15) is 14.4 Å². The van der Waals surface area contributed by atoms with Crippen molar-refractivity contribution in [2.45, 2.75) is 19.1 Å². The van der Waals surface area contributed by atoms with Gasteiger partial charge in [-0.2, -0.15) is 5.10 Å². The number of carbonyl (C=O) groups excluding carboxylic acids is 3. The van der Waals surface area contributed by atoms with Crippen LogP contribution in [0.3, 0.4) is 0 Å². The zero-order chi connectivity index (χ0) is 29.4. The Hall–Kier alpha value is -3.60. The highest BCUT2D eigenvalue weighted by atomic mass is 35.5. The molecule has 0 saturated carbocycles. The number of thioether (sulfide) groups is 1. The molecule has 42 heavy (non-hydrogen) atoms. The van der Waals surface area contributed by atoms with Gasteiger partial charge in [0.1, 0.15) is 12.4 Å². The van der Waals surface area contributed by atoms with Crippen LogP contribution in [0.25, 0.3) is 16.9 Å². The minimum Gasteiger partial charge on any atom is -0.339 e. The fourth-order valence-electron chi connectivity index (χ4n) is 5.38. The molecule has 4 heterocycles. The van der Waals surface area contributed by atoms with Gasteiger partial charge in [-0.1, -0.05) is 47.5 Å². The van der Waals surface area contributed by atoms with Crippen LogP contribution in [0.4, 0.5) is 5.82 Å². The first-order valence-corrected chi connectivity index (χ1v) is 16.1. The summed E-state index contributed by atoms with van der Waals surface area (Å²) in [5, 5.41) is 7.63. The highest BCUT2D eigenvalue weighted by Gasteiger charge is 2.39. The van der Waals surface area contributed by atoms with Gasteiger partial charge in [0.05, 0.1) is 22.4 Å². The summed E-state index contributed by atoms with van der Waals surface area (Å²) in [5.74, 6) is 0.529. The van der Waals surface area contributed by atoms with Crippen molar-refractivity contribution in [1.29, 1.82) is 0 Å². The van der Waals surface area contributed by atoms with Crippen LogP contribution in [0.15, 0.2) is 66.0 Å². The zero-order valence-electron chi connectivity index (χ0n) is 23.3. The maximum Gasteiger partial charge on any atom is 0.242 e. The molecule has 0 radical (unpaired) electrons. The number of aryl methyl sites for hydroxylation is 1. The number of benzene rings is 2. The maximum absolute atomic E-state index is 13.9. The Morgan fingerprint density at radius 1 is 0.976 bits per heavy atom. The largest absolute Gasteiger partial charge is 0.339 e. The fourth-order valence-corrected chi connectivity index (χ4v) is 7.68. The zero-order valence-corrected chi connectivity index (χ0v) is 25.7. The number of rotatable bonds is 5. The molecule has 2 aliphatic heterocycles. The van der Waals surface area contributed by atoms with Crippen molar-refractivity contribution in [3.8, 4) is 16.9 Å². The van der Waals surface area contributed by atoms with E-state index in [4.69, 9.17) is 16.7 Å². The van der Waals surface area contributed by atoms with E-state index in [1.807, 2.05) is 71.6 Å². The molecule has 2 aromatic heterocycles. The van der Waals surface area contributed by atoms with Crippen LogP contribution in [-0.2, 0) is 14.4 Å². The molecular formula is C31H30ClN5O3S2. The molecule has 2 aromatic carbocycles. The minimum atomic E-state index is -0.159. The van der Waals surface area contributed by atoms with Gasteiger partial charge in [0.25, 0.3) is 0 Å². The van der Waals surface area contributed by atoms with Gasteiger partial charge < -0.3 is 9.80 Å². The van der Waals surface area contributed by atoms with Crippen LogP contribution >= 0.6 is 34.7 Å². The molecule has 11 heteroatoms. The number of amides is 3. The third-order valence-corrected chi connectivity index (χ3v) is 10.2. The standard InChI is InChI=1S/C31H30ClN5O3S2/c1-20-5-11-24(12-6-20)37-31-28(29(33-37)22-7-9-23(32)10-8-22)30(25-4-3-17-41-25)42-19-27(40)36(31)18-26(39)35-15-13-34(14-16-35)21(2)38/h3-12,17,30H,13-16,18-19H2,1-2H3. The van der Waals surface area contributed by atoms with Gasteiger partial charge in [0.2, 0.25) is 17.7 Å². The molecule has 1 saturated heterocycles. The van der Waals surface area contributed by atoms with Gasteiger partial charge >= 0.3 is 0 Å². The van der Waals surface area contributed by atoms with Crippen molar-refractivity contribution in [3.05, 3.63) is 87.1 Å². The highest BCUT2D eigenvalue weighted by Crippen LogP contribution is 2.49. The van der Waals surface area contributed by atoms with E-state index in [1.54, 1.807) is 44.7 Å². The normalized spacial score (nSPS) is 17.3. The van der Waals surface area contributed by atoms with Crippen LogP contribution in [0.5, 0.6) is 0 Å². The minimum absolute atomic E-state index is 0.00260. The second-order valence-electron chi connectivity index (χ2n) is 10.4. The van der Waals surface area contributed by atoms with E-state index in [1.165, 1.54) is 0 Å². The monoisotopic (exact) mass is 619 g/mol. The Labute approximate surface area is 257 Å². The molecule has 0 spiro atoms. The summed E-state index contributed by atoms with van der Waals surface area (Å²) in [6.07, 6.45) is 0. The first kappa shape index (κ1) is 28.5. The summed E-state index contributed by atoms with van der Waals surface area (Å²) < 4.78 is 1.81. The number of hydrogen-bond donors (Lipinski definition) is 0. The summed E-state index contributed by atoms with van der Waals surface area (Å²) in [4.78, 5) is 45.6. The second-order valence-corrected chi connectivity index (χ2v) is 12.9. The highest BCUT2D eigenvalue weighted by molar-refractivity contribution is 8.00. The van der Waals surface area contributed by atoms with E-state index in [0.717, 1.165) is 32.9 Å². The van der Waals surface area contributed by atoms with Crippen LogP contribution in [0.1, 0.15) is 28.2 Å². The van der Waals surface area contributed by atoms with Crippen LogP contribution in [-0.4, -0.2) is 75.8 Å². The van der Waals surface area contributed by atoms with Crippen LogP contribution in [0.2, 0.25) is 5.02 Å². The topological polar surface area (TPSA) is 78.8 Å². The molecule has 6 rings (SSSR count). The Bertz CT molecular complexity index is 1610. The Balaban J connectivity index is 1.50. The van der Waals surface area contributed by atoms with Crippen molar-refractivity contribution in [1.82, 2.24) is 19.6 Å². The maximum atomic E-state index is 13.9. The van der Waals surface area contributed by atoms with E-state index >= 15 is 0 Å². The third-order valence-electron chi connectivity index (χ3n) is 7.66. The van der Waals surface area contributed by atoms with Gasteiger partial charge in [-0.3, -0.25) is 19.3 Å². The molecule has 0 bridgehead atoms. The second kappa shape index (κ2) is 11.9. The summed E-state index contributed by atoms with van der Waals surface area (Å²) in [7, 11) is 0. The number of anilines is 1. The smallest absolute Gasteiger partial charge is 0.242 e. The number of fused-ring (bicyclic) bond motifs is 1. The number of piperazine rings is 1. The summed E-state index contributed by atoms with van der Waals surface area (Å²) in [6.45, 7) is 5.30. The molecule has 1 unspecified atom stereocenters. The summed E-state index contributed by atoms with van der Waals surface area (Å²) in [6, 6.07) is 19.7. The fraction of sp³-hybridized carbons (Fsp3) is 0.290.